The van der Waals surface area contributed by atoms with E-state index in [9.17, 15) is 24.6 Å². The number of rotatable bonds is 16. The predicted octanol–water partition coefficient (Wildman–Crippen LogP) is 1.91. The zero-order valence-electron chi connectivity index (χ0n) is 18.4. The number of aliphatic hydroxyl groups is 2. The summed E-state index contributed by atoms with van der Waals surface area (Å²) in [5.41, 5.74) is -1.09. The molecule has 0 radical (unpaired) electrons. The van der Waals surface area contributed by atoms with E-state index >= 15 is 0 Å². The lowest BCUT2D eigenvalue weighted by Gasteiger charge is -2.31. The van der Waals surface area contributed by atoms with Gasteiger partial charge in [-0.15, -0.1) is 12.3 Å². The fourth-order valence-electron chi connectivity index (χ4n) is 2.77. The molecular formula is C22H38N2O5S. The van der Waals surface area contributed by atoms with Gasteiger partial charge in [0.25, 0.3) is 5.91 Å². The molecule has 0 aromatic carbocycles. The highest BCUT2D eigenvalue weighted by Crippen LogP contribution is 2.22. The summed E-state index contributed by atoms with van der Waals surface area (Å²) in [5.74, 6) is 1.61. The van der Waals surface area contributed by atoms with Crippen molar-refractivity contribution in [1.29, 1.82) is 0 Å². The van der Waals surface area contributed by atoms with Gasteiger partial charge >= 0.3 is 0 Å². The van der Waals surface area contributed by atoms with Crippen molar-refractivity contribution in [3.8, 4) is 12.3 Å². The first-order valence-electron chi connectivity index (χ1n) is 10.7. The zero-order valence-corrected chi connectivity index (χ0v) is 19.3. The Labute approximate surface area is 186 Å². The van der Waals surface area contributed by atoms with Crippen LogP contribution in [0.25, 0.3) is 0 Å². The summed E-state index contributed by atoms with van der Waals surface area (Å²) < 4.78 is 0. The normalized spacial score (nSPS) is 12.1. The van der Waals surface area contributed by atoms with E-state index in [-0.39, 0.29) is 25.3 Å². The number of unbranched alkanes of at least 4 members (excludes halogenated alkanes) is 6. The van der Waals surface area contributed by atoms with Gasteiger partial charge in [-0.1, -0.05) is 39.5 Å². The summed E-state index contributed by atoms with van der Waals surface area (Å²) in [4.78, 5) is 38.2. The molecule has 0 aliphatic heterocycles. The lowest BCUT2D eigenvalue weighted by atomic mass is 9.86. The topological polar surface area (TPSA) is 107 Å². The number of hydrogen-bond donors (Lipinski definition) is 4. The zero-order chi connectivity index (χ0) is 23.0. The van der Waals surface area contributed by atoms with Crippen LogP contribution in [-0.2, 0) is 14.4 Å². The lowest BCUT2D eigenvalue weighted by Crippen LogP contribution is -2.50. The predicted molar refractivity (Wildman–Crippen MR) is 121 cm³/mol. The maximum absolute atomic E-state index is 12.7. The van der Waals surface area contributed by atoms with E-state index in [1.54, 1.807) is 0 Å². The number of carbonyl (C=O) groups excluding carboxylic acids is 3. The summed E-state index contributed by atoms with van der Waals surface area (Å²) >= 11 is 4.02. The first-order chi connectivity index (χ1) is 14.2. The van der Waals surface area contributed by atoms with E-state index in [0.717, 1.165) is 43.4 Å². The van der Waals surface area contributed by atoms with Crippen LogP contribution in [0.15, 0.2) is 0 Å². The van der Waals surface area contributed by atoms with Crippen molar-refractivity contribution in [2.75, 3.05) is 25.4 Å². The molecule has 0 bridgehead atoms. The number of aliphatic hydroxyl groups excluding tert-OH is 2. The average Bonchev–Trinajstić information content (AvgIpc) is 2.73. The first-order valence-corrected chi connectivity index (χ1v) is 11.3. The van der Waals surface area contributed by atoms with Gasteiger partial charge < -0.3 is 15.5 Å². The minimum atomic E-state index is -1.54. The van der Waals surface area contributed by atoms with Gasteiger partial charge in [-0.3, -0.25) is 19.3 Å². The molecule has 1 atom stereocenters. The highest BCUT2D eigenvalue weighted by atomic mass is 32.1. The second kappa shape index (κ2) is 16.2. The van der Waals surface area contributed by atoms with Gasteiger partial charge in [-0.2, -0.15) is 12.6 Å². The minimum absolute atomic E-state index is 0.0489. The number of amides is 3. The summed E-state index contributed by atoms with van der Waals surface area (Å²) in [5, 5.41) is 22.4. The third kappa shape index (κ3) is 11.6. The molecule has 0 unspecified atom stereocenters. The van der Waals surface area contributed by atoms with Crippen LogP contribution in [0.1, 0.15) is 71.6 Å². The van der Waals surface area contributed by atoms with E-state index < -0.39 is 29.9 Å². The van der Waals surface area contributed by atoms with Gasteiger partial charge in [-0.05, 0) is 12.8 Å². The molecule has 0 aromatic heterocycles. The van der Waals surface area contributed by atoms with Crippen molar-refractivity contribution in [2.24, 2.45) is 5.41 Å². The van der Waals surface area contributed by atoms with E-state index in [1.165, 1.54) is 13.8 Å². The standard InChI is InChI=1S/C22H38N2O5S/c1-4-5-6-7-8-9-10-11-12-19(27)24(15-13-18(26)23-14-16-30)21(29)20(28)22(2,3)17-25/h1,20,25,28,30H,5-17H2,2-3H3,(H,23,26)/t20-/m0/s1. The summed E-state index contributed by atoms with van der Waals surface area (Å²) in [6, 6.07) is 0. The molecule has 172 valence electrons. The molecule has 0 spiro atoms. The third-order valence-electron chi connectivity index (χ3n) is 4.91. The Morgan fingerprint density at radius 1 is 1.10 bits per heavy atom. The van der Waals surface area contributed by atoms with Gasteiger partial charge in [-0.25, -0.2) is 0 Å². The number of thiol groups is 1. The number of hydrogen-bond acceptors (Lipinski definition) is 6. The van der Waals surface area contributed by atoms with Crippen LogP contribution in [0, 0.1) is 17.8 Å². The Hall–Kier alpha value is -1.56. The van der Waals surface area contributed by atoms with E-state index in [1.807, 2.05) is 0 Å². The van der Waals surface area contributed by atoms with Gasteiger partial charge in [0.1, 0.15) is 6.10 Å². The van der Waals surface area contributed by atoms with Crippen LogP contribution in [0.2, 0.25) is 0 Å². The Bertz CT molecular complexity index is 574. The Morgan fingerprint density at radius 3 is 2.27 bits per heavy atom. The lowest BCUT2D eigenvalue weighted by molar-refractivity contribution is -0.156. The van der Waals surface area contributed by atoms with Crippen molar-refractivity contribution < 1.29 is 24.6 Å². The number of imide groups is 1. The minimum Gasteiger partial charge on any atom is -0.396 e. The third-order valence-corrected chi connectivity index (χ3v) is 5.13. The second-order valence-corrected chi connectivity index (χ2v) is 8.53. The molecule has 0 aliphatic rings. The molecular weight excluding hydrogens is 404 g/mol. The van der Waals surface area contributed by atoms with Crippen LogP contribution < -0.4 is 5.32 Å². The molecule has 3 N–H and O–H groups in total. The smallest absolute Gasteiger partial charge is 0.258 e. The molecule has 0 heterocycles. The highest BCUT2D eigenvalue weighted by molar-refractivity contribution is 7.80. The Morgan fingerprint density at radius 2 is 1.70 bits per heavy atom. The van der Waals surface area contributed by atoms with Crippen molar-refractivity contribution >= 4 is 30.4 Å². The Kier molecular flexibility index (Phi) is 15.3. The fraction of sp³-hybridized carbons (Fsp3) is 0.773. The number of terminal acetylenes is 1. The van der Waals surface area contributed by atoms with Gasteiger partial charge in [0.2, 0.25) is 11.8 Å². The van der Waals surface area contributed by atoms with Crippen molar-refractivity contribution in [3.05, 3.63) is 0 Å². The largest absolute Gasteiger partial charge is 0.396 e. The molecule has 7 nitrogen and oxygen atoms in total. The van der Waals surface area contributed by atoms with Crippen LogP contribution in [0.4, 0.5) is 0 Å². The van der Waals surface area contributed by atoms with Crippen LogP contribution in [0.5, 0.6) is 0 Å². The molecule has 0 saturated carbocycles. The quantitative estimate of drug-likeness (QED) is 0.166. The van der Waals surface area contributed by atoms with Gasteiger partial charge in [0.05, 0.1) is 6.61 Å². The number of nitrogens with zero attached hydrogens (tertiary/aromatic N) is 1. The van der Waals surface area contributed by atoms with Gasteiger partial charge in [0.15, 0.2) is 0 Å². The molecule has 0 fully saturated rings. The second-order valence-electron chi connectivity index (χ2n) is 8.08. The number of nitrogens with one attached hydrogen (secondary N) is 1. The van der Waals surface area contributed by atoms with Crippen LogP contribution in [-0.4, -0.2) is 64.4 Å². The van der Waals surface area contributed by atoms with Crippen LogP contribution in [0.3, 0.4) is 0 Å². The summed E-state index contributed by atoms with van der Waals surface area (Å²) in [7, 11) is 0. The van der Waals surface area contributed by atoms with E-state index in [4.69, 9.17) is 6.42 Å². The average molecular weight is 443 g/mol. The van der Waals surface area contributed by atoms with Crippen LogP contribution >= 0.6 is 12.6 Å². The fourth-order valence-corrected chi connectivity index (χ4v) is 2.88. The molecule has 0 aliphatic carbocycles. The first kappa shape index (κ1) is 28.4. The van der Waals surface area contributed by atoms with Gasteiger partial charge in [0, 0.05) is 43.5 Å². The van der Waals surface area contributed by atoms with Crippen molar-refractivity contribution in [3.63, 3.8) is 0 Å². The molecule has 0 rings (SSSR count). The van der Waals surface area contributed by atoms with Crippen molar-refractivity contribution in [1.82, 2.24) is 10.2 Å². The highest BCUT2D eigenvalue weighted by Gasteiger charge is 2.37. The maximum atomic E-state index is 12.7. The molecule has 30 heavy (non-hydrogen) atoms. The molecule has 3 amide bonds. The molecule has 8 heteroatoms. The Balaban J connectivity index is 4.77. The van der Waals surface area contributed by atoms with Crippen molar-refractivity contribution in [2.45, 2.75) is 77.7 Å². The summed E-state index contributed by atoms with van der Waals surface area (Å²) in [6.45, 7) is 2.95. The summed E-state index contributed by atoms with van der Waals surface area (Å²) in [6.07, 6.45) is 10.2. The maximum Gasteiger partial charge on any atom is 0.258 e. The number of carbonyl (C=O) groups is 3. The SMILES string of the molecule is C#CCCCCCCCCC(=O)N(CCC(=O)NCCS)C(=O)[C@H](O)C(C)(C)CO. The van der Waals surface area contributed by atoms with E-state index in [2.05, 4.69) is 23.9 Å². The molecule has 0 saturated heterocycles. The monoisotopic (exact) mass is 442 g/mol. The van der Waals surface area contributed by atoms with E-state index in [0.29, 0.717) is 18.7 Å². The molecule has 0 aromatic rings.